The van der Waals surface area contributed by atoms with E-state index in [1.165, 1.54) is 4.90 Å². The third-order valence-electron chi connectivity index (χ3n) is 3.77. The fourth-order valence-corrected chi connectivity index (χ4v) is 2.70. The second-order valence-corrected chi connectivity index (χ2v) is 5.28. The largest absolute Gasteiger partial charge is 0.436 e. The first-order valence-electron chi connectivity index (χ1n) is 7.13. The molecular weight excluding hydrogens is 307 g/mol. The molecule has 0 aromatic heterocycles. The Bertz CT molecular complexity index is 673. The summed E-state index contributed by atoms with van der Waals surface area (Å²) in [4.78, 5) is 13.5. The minimum atomic E-state index is -4.58. The number of ether oxygens (including phenoxy) is 1. The molecule has 0 aliphatic carbocycles. The lowest BCUT2D eigenvalue weighted by atomic mass is 9.97. The minimum Gasteiger partial charge on any atom is -0.436 e. The lowest BCUT2D eigenvalue weighted by molar-refractivity contribution is -0.210. The highest BCUT2D eigenvalue weighted by Crippen LogP contribution is 2.40. The predicted molar refractivity (Wildman–Crippen MR) is 79.0 cm³/mol. The lowest BCUT2D eigenvalue weighted by Crippen LogP contribution is -2.49. The van der Waals surface area contributed by atoms with Crippen LogP contribution >= 0.6 is 0 Å². The highest BCUT2D eigenvalue weighted by atomic mass is 19.4. The first-order valence-corrected chi connectivity index (χ1v) is 7.13. The number of amides is 1. The third kappa shape index (κ3) is 3.16. The average molecular weight is 321 g/mol. The Balaban J connectivity index is 2.01. The van der Waals surface area contributed by atoms with Crippen LogP contribution in [0.15, 0.2) is 60.7 Å². The van der Waals surface area contributed by atoms with E-state index in [9.17, 15) is 18.0 Å². The van der Waals surface area contributed by atoms with E-state index in [2.05, 4.69) is 4.74 Å². The van der Waals surface area contributed by atoms with Gasteiger partial charge in [0.25, 0.3) is 0 Å². The van der Waals surface area contributed by atoms with Gasteiger partial charge in [0.1, 0.15) is 0 Å². The molecule has 3 nitrogen and oxygen atoms in total. The molecule has 1 amide bonds. The maximum Gasteiger partial charge on any atom is 0.425 e. The molecule has 0 radical (unpaired) electrons. The van der Waals surface area contributed by atoms with Crippen molar-refractivity contribution in [3.8, 4) is 0 Å². The first kappa shape index (κ1) is 15.4. The number of anilines is 1. The smallest absolute Gasteiger partial charge is 0.425 e. The zero-order valence-corrected chi connectivity index (χ0v) is 12.0. The lowest BCUT2D eigenvalue weighted by Gasteiger charge is -2.39. The monoisotopic (exact) mass is 321 g/mol. The number of carbonyl (C=O) groups is 1. The van der Waals surface area contributed by atoms with Gasteiger partial charge < -0.3 is 4.74 Å². The van der Waals surface area contributed by atoms with Gasteiger partial charge in [0.2, 0.25) is 6.10 Å². The minimum absolute atomic E-state index is 0.339. The number of benzene rings is 2. The van der Waals surface area contributed by atoms with Crippen molar-refractivity contribution in [1.82, 2.24) is 0 Å². The van der Waals surface area contributed by atoms with Crippen molar-refractivity contribution < 1.29 is 22.7 Å². The number of cyclic esters (lactones) is 1. The van der Waals surface area contributed by atoms with E-state index < -0.39 is 24.4 Å². The highest BCUT2D eigenvalue weighted by molar-refractivity contribution is 5.89. The van der Waals surface area contributed by atoms with Gasteiger partial charge in [-0.3, -0.25) is 4.90 Å². The van der Waals surface area contributed by atoms with E-state index >= 15 is 0 Å². The van der Waals surface area contributed by atoms with Gasteiger partial charge in [0, 0.05) is 12.1 Å². The molecule has 1 fully saturated rings. The summed E-state index contributed by atoms with van der Waals surface area (Å²) in [5.74, 6) is 0. The van der Waals surface area contributed by atoms with Crippen molar-refractivity contribution in [2.45, 2.75) is 24.7 Å². The van der Waals surface area contributed by atoms with Gasteiger partial charge in [-0.1, -0.05) is 48.5 Å². The summed E-state index contributed by atoms with van der Waals surface area (Å²) in [6, 6.07) is 16.5. The zero-order valence-electron chi connectivity index (χ0n) is 12.0. The Kier molecular flexibility index (Phi) is 3.98. The van der Waals surface area contributed by atoms with E-state index in [0.29, 0.717) is 11.3 Å². The van der Waals surface area contributed by atoms with Crippen molar-refractivity contribution in [3.05, 3.63) is 66.2 Å². The van der Waals surface area contributed by atoms with Gasteiger partial charge in [0.05, 0.1) is 6.04 Å². The molecule has 1 saturated heterocycles. The number of hydrogen-bond acceptors (Lipinski definition) is 2. The molecule has 2 aromatic rings. The number of carbonyl (C=O) groups excluding carboxylic acids is 1. The number of hydrogen-bond donors (Lipinski definition) is 0. The summed E-state index contributed by atoms with van der Waals surface area (Å²) >= 11 is 0. The van der Waals surface area contributed by atoms with Crippen LogP contribution in [0.1, 0.15) is 18.0 Å². The Morgan fingerprint density at radius 2 is 1.52 bits per heavy atom. The number of para-hydroxylation sites is 1. The zero-order chi connectivity index (χ0) is 16.4. The van der Waals surface area contributed by atoms with Crippen LogP contribution in [0.2, 0.25) is 0 Å². The fourth-order valence-electron chi connectivity index (χ4n) is 2.70. The van der Waals surface area contributed by atoms with Crippen LogP contribution in [0.5, 0.6) is 0 Å². The van der Waals surface area contributed by atoms with Crippen LogP contribution in [0.4, 0.5) is 23.7 Å². The Labute approximate surface area is 131 Å². The molecule has 0 bridgehead atoms. The van der Waals surface area contributed by atoms with Crippen LogP contribution in [0.25, 0.3) is 0 Å². The molecule has 2 aromatic carbocycles. The third-order valence-corrected chi connectivity index (χ3v) is 3.77. The molecule has 1 heterocycles. The summed E-state index contributed by atoms with van der Waals surface area (Å²) in [5.41, 5.74) is 1.15. The van der Waals surface area contributed by atoms with Crippen LogP contribution in [0.3, 0.4) is 0 Å². The molecule has 1 aliphatic heterocycles. The maximum atomic E-state index is 13.0. The molecule has 0 unspecified atom stereocenters. The summed E-state index contributed by atoms with van der Waals surface area (Å²) in [7, 11) is 0. The average Bonchev–Trinajstić information content (AvgIpc) is 2.55. The second kappa shape index (κ2) is 5.95. The van der Waals surface area contributed by atoms with Crippen LogP contribution in [-0.2, 0) is 4.74 Å². The van der Waals surface area contributed by atoms with Crippen molar-refractivity contribution in [3.63, 3.8) is 0 Å². The molecule has 6 heteroatoms. The summed E-state index contributed by atoms with van der Waals surface area (Å²) in [6.07, 6.45) is -8.00. The number of rotatable bonds is 2. The van der Waals surface area contributed by atoms with Crippen LogP contribution in [-0.4, -0.2) is 18.4 Å². The van der Waals surface area contributed by atoms with Gasteiger partial charge in [-0.15, -0.1) is 0 Å². The van der Waals surface area contributed by atoms with Crippen molar-refractivity contribution in [1.29, 1.82) is 0 Å². The van der Waals surface area contributed by atoms with Crippen LogP contribution < -0.4 is 4.90 Å². The molecule has 0 saturated carbocycles. The van der Waals surface area contributed by atoms with Gasteiger partial charge in [0.15, 0.2) is 0 Å². The topological polar surface area (TPSA) is 29.5 Å². The first-order chi connectivity index (χ1) is 11.0. The molecule has 0 spiro atoms. The number of alkyl halides is 3. The van der Waals surface area contributed by atoms with Crippen molar-refractivity contribution in [2.75, 3.05) is 4.90 Å². The maximum absolute atomic E-state index is 13.0. The molecule has 3 rings (SSSR count). The highest BCUT2D eigenvalue weighted by Gasteiger charge is 2.50. The Morgan fingerprint density at radius 1 is 0.957 bits per heavy atom. The SMILES string of the molecule is O=C1O[C@H](C(F)(F)F)C[C@H](c2ccccc2)N1c1ccccc1. The van der Waals surface area contributed by atoms with Gasteiger partial charge in [-0.05, 0) is 17.7 Å². The van der Waals surface area contributed by atoms with Gasteiger partial charge >= 0.3 is 12.3 Å². The molecule has 23 heavy (non-hydrogen) atoms. The summed E-state index contributed by atoms with van der Waals surface area (Å²) in [6.45, 7) is 0. The second-order valence-electron chi connectivity index (χ2n) is 5.28. The Hall–Kier alpha value is -2.50. The molecule has 1 aliphatic rings. The molecule has 120 valence electrons. The Morgan fingerprint density at radius 3 is 2.09 bits per heavy atom. The normalized spacial score (nSPS) is 21.9. The van der Waals surface area contributed by atoms with Gasteiger partial charge in [-0.2, -0.15) is 13.2 Å². The number of nitrogens with zero attached hydrogens (tertiary/aromatic N) is 1. The van der Waals surface area contributed by atoms with E-state index in [0.717, 1.165) is 0 Å². The fraction of sp³-hybridized carbons (Fsp3) is 0.235. The molecule has 0 N–H and O–H groups in total. The van der Waals surface area contributed by atoms with E-state index in [-0.39, 0.29) is 6.42 Å². The quantitative estimate of drug-likeness (QED) is 0.802. The van der Waals surface area contributed by atoms with Crippen molar-refractivity contribution >= 4 is 11.8 Å². The van der Waals surface area contributed by atoms with E-state index in [1.807, 2.05) is 0 Å². The van der Waals surface area contributed by atoms with Crippen molar-refractivity contribution in [2.24, 2.45) is 0 Å². The van der Waals surface area contributed by atoms with E-state index in [4.69, 9.17) is 0 Å². The standard InChI is InChI=1S/C17H14F3NO2/c18-17(19,20)15-11-14(12-7-3-1-4-8-12)21(16(22)23-15)13-9-5-2-6-10-13/h1-10,14-15H,11H2/t14-,15+/m1/s1. The summed E-state index contributed by atoms with van der Waals surface area (Å²) < 4.78 is 43.7. The number of halogens is 3. The molecular formula is C17H14F3NO2. The predicted octanol–water partition coefficient (Wildman–Crippen LogP) is 4.71. The molecule has 2 atom stereocenters. The van der Waals surface area contributed by atoms with Gasteiger partial charge in [-0.25, -0.2) is 4.79 Å². The summed E-state index contributed by atoms with van der Waals surface area (Å²) in [5, 5.41) is 0. The van der Waals surface area contributed by atoms with Crippen LogP contribution in [0, 0.1) is 0 Å². The van der Waals surface area contributed by atoms with E-state index in [1.54, 1.807) is 60.7 Å².